The van der Waals surface area contributed by atoms with Crippen molar-refractivity contribution in [1.29, 1.82) is 0 Å². The summed E-state index contributed by atoms with van der Waals surface area (Å²) in [5.74, 6) is 0. The molecule has 0 spiro atoms. The van der Waals surface area contributed by atoms with Crippen LogP contribution in [-0.4, -0.2) is 11.2 Å². The summed E-state index contributed by atoms with van der Waals surface area (Å²) in [5.41, 5.74) is 10.9. The van der Waals surface area contributed by atoms with Gasteiger partial charge in [-0.3, -0.25) is 0 Å². The van der Waals surface area contributed by atoms with E-state index in [1.807, 2.05) is 0 Å². The topological polar surface area (TPSA) is 15.4 Å². The Labute approximate surface area is 251 Å². The second-order valence-electron chi connectivity index (χ2n) is 11.6. The number of hydrogen-bond acceptors (Lipinski definition) is 1. The molecule has 0 atom stereocenters. The second-order valence-corrected chi connectivity index (χ2v) is 11.6. The van der Waals surface area contributed by atoms with Gasteiger partial charge in [-0.15, -0.1) is 0 Å². The summed E-state index contributed by atoms with van der Waals surface area (Å²) < 4.78 is 2.08. The van der Waals surface area contributed by atoms with Gasteiger partial charge in [0.05, 0.1) is 0 Å². The summed E-state index contributed by atoms with van der Waals surface area (Å²) in [6, 6.07) is 22.5. The predicted octanol–water partition coefficient (Wildman–Crippen LogP) is 12.0. The average molecular weight is 552 g/mol. The lowest BCUT2D eigenvalue weighted by Crippen LogP contribution is -2.02. The Balaban J connectivity index is 1.93. The lowest BCUT2D eigenvalue weighted by molar-refractivity contribution is -0.519. The maximum atomic E-state index is 4.99. The molecular weight excluding hydrogens is 496 g/mol. The van der Waals surface area contributed by atoms with Crippen LogP contribution in [0.5, 0.6) is 0 Å². The first kappa shape index (κ1) is 32.5. The van der Waals surface area contributed by atoms with Crippen molar-refractivity contribution in [3.63, 3.8) is 0 Å². The normalized spacial score (nSPS) is 12.0. The van der Waals surface area contributed by atoms with Gasteiger partial charge in [-0.2, -0.15) is 0 Å². The highest BCUT2D eigenvalue weighted by Gasteiger charge is 2.13. The summed E-state index contributed by atoms with van der Waals surface area (Å²) in [4.78, 5) is 0. The molecule has 2 heteroatoms. The van der Waals surface area contributed by atoms with Crippen LogP contribution in [0.2, 0.25) is 0 Å². The molecule has 0 N–H and O–H groups in total. The van der Waals surface area contributed by atoms with E-state index in [0.717, 1.165) is 25.1 Å². The first-order valence-corrected chi connectivity index (χ1v) is 16.6. The molecule has 3 aromatic rings. The Morgan fingerprint density at radius 1 is 0.659 bits per heavy atom. The number of unbranched alkanes of at least 4 members (excludes halogenated alkanes) is 7. The number of nitrogens with zero attached hydrogens (tertiary/aromatic N) is 2. The van der Waals surface area contributed by atoms with E-state index in [-0.39, 0.29) is 0 Å². The molecule has 220 valence electrons. The standard InChI is InChI=1S/C39H55N2/c1-6-10-13-14-15-19-24-38-36(21-12-8-3)29-33(30-39(38)34-22-17-16-18-23-34)27-28-41(9-4)40-37-26-25-32(5)35(31-37)20-11-7-2/h16-18,22-23,25-31H,6-15,19-21,24H2,1-5H3/q+1. The quantitative estimate of drug-likeness (QED) is 0.0848. The zero-order chi connectivity index (χ0) is 29.3. The third-order valence-electron chi connectivity index (χ3n) is 8.17. The van der Waals surface area contributed by atoms with E-state index in [1.165, 1.54) is 104 Å². The van der Waals surface area contributed by atoms with Crippen molar-refractivity contribution in [2.75, 3.05) is 6.54 Å². The molecule has 0 radical (unpaired) electrons. The van der Waals surface area contributed by atoms with Crippen LogP contribution >= 0.6 is 0 Å². The number of benzene rings is 3. The SMILES string of the molecule is CCCCCCCCc1c(CCCC)cc(C=C[N+](CC)=Nc2ccc(C)c(CCCC)c2)cc1-c1ccccc1. The molecule has 2 nitrogen and oxygen atoms in total. The molecule has 0 aromatic heterocycles. The summed E-state index contributed by atoms with van der Waals surface area (Å²) in [6.45, 7) is 12.1. The van der Waals surface area contributed by atoms with Gasteiger partial charge in [0.25, 0.3) is 0 Å². The van der Waals surface area contributed by atoms with Crippen LogP contribution in [0.4, 0.5) is 5.69 Å². The maximum Gasteiger partial charge on any atom is 0.196 e. The maximum absolute atomic E-state index is 4.99. The zero-order valence-electron chi connectivity index (χ0n) is 26.7. The van der Waals surface area contributed by atoms with Gasteiger partial charge in [-0.1, -0.05) is 113 Å². The molecule has 41 heavy (non-hydrogen) atoms. The monoisotopic (exact) mass is 551 g/mol. The molecule has 0 bridgehead atoms. The lowest BCUT2D eigenvalue weighted by atomic mass is 9.87. The Morgan fingerprint density at radius 2 is 1.34 bits per heavy atom. The van der Waals surface area contributed by atoms with E-state index >= 15 is 0 Å². The fourth-order valence-electron chi connectivity index (χ4n) is 5.58. The van der Waals surface area contributed by atoms with Crippen molar-refractivity contribution < 1.29 is 4.70 Å². The number of rotatable bonds is 18. The third-order valence-corrected chi connectivity index (χ3v) is 8.17. The highest BCUT2D eigenvalue weighted by Crippen LogP contribution is 2.31. The van der Waals surface area contributed by atoms with Crippen LogP contribution in [0.1, 0.15) is 120 Å². The number of azo groups is 2. The van der Waals surface area contributed by atoms with Crippen LogP contribution in [0.15, 0.2) is 72.0 Å². The van der Waals surface area contributed by atoms with E-state index in [1.54, 1.807) is 5.56 Å². The minimum Gasteiger partial charge on any atom is -0.0910 e. The van der Waals surface area contributed by atoms with Crippen molar-refractivity contribution in [3.05, 3.63) is 94.7 Å². The highest BCUT2D eigenvalue weighted by molar-refractivity contribution is 5.72. The van der Waals surface area contributed by atoms with Crippen LogP contribution in [0.3, 0.4) is 0 Å². The molecule has 0 aliphatic heterocycles. The molecular formula is C39H55N2+. The van der Waals surface area contributed by atoms with Crippen molar-refractivity contribution in [3.8, 4) is 11.1 Å². The Bertz CT molecular complexity index is 1240. The smallest absolute Gasteiger partial charge is 0.0910 e. The van der Waals surface area contributed by atoms with Gasteiger partial charge in [0.15, 0.2) is 12.7 Å². The molecule has 0 unspecified atom stereocenters. The van der Waals surface area contributed by atoms with Crippen LogP contribution in [-0.2, 0) is 19.3 Å². The van der Waals surface area contributed by atoms with Gasteiger partial charge in [0.1, 0.15) is 5.69 Å². The minimum atomic E-state index is 0.832. The Kier molecular flexibility index (Phi) is 14.6. The second kappa shape index (κ2) is 18.4. The fraction of sp³-hybridized carbons (Fsp3) is 0.487. The van der Waals surface area contributed by atoms with Gasteiger partial charge in [-0.25, -0.2) is 0 Å². The van der Waals surface area contributed by atoms with Crippen molar-refractivity contribution in [2.45, 2.75) is 118 Å². The lowest BCUT2D eigenvalue weighted by Gasteiger charge is -2.17. The number of hydrogen-bond donors (Lipinski definition) is 0. The predicted molar refractivity (Wildman–Crippen MR) is 179 cm³/mol. The van der Waals surface area contributed by atoms with E-state index < -0.39 is 0 Å². The van der Waals surface area contributed by atoms with Crippen molar-refractivity contribution in [2.24, 2.45) is 5.11 Å². The molecule has 0 saturated heterocycles. The molecule has 0 heterocycles. The van der Waals surface area contributed by atoms with E-state index in [4.69, 9.17) is 5.11 Å². The average Bonchev–Trinajstić information content (AvgIpc) is 3.00. The van der Waals surface area contributed by atoms with Gasteiger partial charge >= 0.3 is 0 Å². The van der Waals surface area contributed by atoms with Crippen LogP contribution < -0.4 is 0 Å². The van der Waals surface area contributed by atoms with Crippen LogP contribution in [0.25, 0.3) is 17.2 Å². The molecule has 0 aliphatic rings. The van der Waals surface area contributed by atoms with Gasteiger partial charge < -0.3 is 0 Å². The van der Waals surface area contributed by atoms with E-state index in [2.05, 4.69) is 112 Å². The van der Waals surface area contributed by atoms with Crippen LogP contribution in [0, 0.1) is 6.92 Å². The first-order valence-electron chi connectivity index (χ1n) is 16.6. The van der Waals surface area contributed by atoms with Crippen molar-refractivity contribution >= 4 is 11.8 Å². The van der Waals surface area contributed by atoms with E-state index in [9.17, 15) is 0 Å². The largest absolute Gasteiger partial charge is 0.196 e. The van der Waals surface area contributed by atoms with Crippen molar-refractivity contribution in [1.82, 2.24) is 0 Å². The zero-order valence-corrected chi connectivity index (χ0v) is 26.7. The third kappa shape index (κ3) is 10.7. The minimum absolute atomic E-state index is 0.832. The Morgan fingerprint density at radius 3 is 2.05 bits per heavy atom. The summed E-state index contributed by atoms with van der Waals surface area (Å²) in [6.07, 6.45) is 20.8. The first-order chi connectivity index (χ1) is 20.1. The molecule has 3 aromatic carbocycles. The summed E-state index contributed by atoms with van der Waals surface area (Å²) in [5, 5.41) is 4.99. The number of aryl methyl sites for hydroxylation is 3. The van der Waals surface area contributed by atoms with Gasteiger partial charge in [-0.05, 0) is 115 Å². The fourth-order valence-corrected chi connectivity index (χ4v) is 5.58. The van der Waals surface area contributed by atoms with E-state index in [0.29, 0.717) is 0 Å². The summed E-state index contributed by atoms with van der Waals surface area (Å²) >= 11 is 0. The highest BCUT2D eigenvalue weighted by atomic mass is 15.2. The molecule has 3 rings (SSSR count). The molecule has 0 saturated carbocycles. The molecule has 0 aliphatic carbocycles. The molecule has 0 fully saturated rings. The summed E-state index contributed by atoms with van der Waals surface area (Å²) in [7, 11) is 0. The van der Waals surface area contributed by atoms with Gasteiger partial charge in [0, 0.05) is 6.08 Å². The van der Waals surface area contributed by atoms with Gasteiger partial charge in [0.2, 0.25) is 0 Å². The Hall–Kier alpha value is -3.00. The molecule has 0 amide bonds.